The van der Waals surface area contributed by atoms with Gasteiger partial charge in [-0.05, 0) is 5.92 Å². The minimum atomic E-state index is 0. The van der Waals surface area contributed by atoms with Gasteiger partial charge in [-0.3, -0.25) is 0 Å². The van der Waals surface area contributed by atoms with Gasteiger partial charge in [0.25, 0.3) is 0 Å². The van der Waals surface area contributed by atoms with E-state index >= 15 is 0 Å². The van der Waals surface area contributed by atoms with Crippen LogP contribution >= 0.6 is 12.4 Å². The number of hydrogen-bond acceptors (Lipinski definition) is 1. The molecule has 0 saturated heterocycles. The van der Waals surface area contributed by atoms with Crippen LogP contribution in [0.5, 0.6) is 0 Å². The largest absolute Gasteiger partial charge is 0.324 e. The van der Waals surface area contributed by atoms with Crippen molar-refractivity contribution in [1.29, 1.82) is 0 Å². The molecule has 1 atom stereocenters. The van der Waals surface area contributed by atoms with E-state index in [1.165, 1.54) is 0 Å². The molecule has 0 spiro atoms. The monoisotopic (exact) mass is 135 g/mol. The third-order valence-electron chi connectivity index (χ3n) is 1.04. The van der Waals surface area contributed by atoms with E-state index < -0.39 is 0 Å². The third-order valence-corrected chi connectivity index (χ3v) is 1.04. The van der Waals surface area contributed by atoms with E-state index in [2.05, 4.69) is 20.4 Å². The fourth-order valence-corrected chi connectivity index (χ4v) is 0.272. The van der Waals surface area contributed by atoms with Crippen molar-refractivity contribution in [2.45, 2.75) is 19.9 Å². The van der Waals surface area contributed by atoms with Crippen molar-refractivity contribution >= 4 is 12.4 Å². The maximum atomic E-state index is 5.50. The molecule has 0 aromatic carbocycles. The quantitative estimate of drug-likeness (QED) is 0.572. The Hall–Kier alpha value is -0.0100. The fraction of sp³-hybridized carbons (Fsp3) is 0.667. The smallest absolute Gasteiger partial charge is 0.0244 e. The predicted molar refractivity (Wildman–Crippen MR) is 40.3 cm³/mol. The zero-order valence-corrected chi connectivity index (χ0v) is 6.24. The van der Waals surface area contributed by atoms with Crippen LogP contribution in [-0.2, 0) is 0 Å². The molecule has 8 heavy (non-hydrogen) atoms. The van der Waals surface area contributed by atoms with E-state index in [4.69, 9.17) is 5.73 Å². The molecular formula is C6H14ClN. The Bertz CT molecular complexity index is 61.5. The van der Waals surface area contributed by atoms with E-state index in [0.717, 1.165) is 0 Å². The Kier molecular flexibility index (Phi) is 6.98. The van der Waals surface area contributed by atoms with Gasteiger partial charge in [0.05, 0.1) is 0 Å². The molecule has 0 bridgehead atoms. The van der Waals surface area contributed by atoms with Crippen molar-refractivity contribution in [3.8, 4) is 0 Å². The van der Waals surface area contributed by atoms with Gasteiger partial charge in [0.1, 0.15) is 0 Å². The highest BCUT2D eigenvalue weighted by Gasteiger charge is 1.98. The number of hydrogen-bond donors (Lipinski definition) is 1. The van der Waals surface area contributed by atoms with Crippen LogP contribution < -0.4 is 5.73 Å². The highest BCUT2D eigenvalue weighted by molar-refractivity contribution is 5.85. The summed E-state index contributed by atoms with van der Waals surface area (Å²) in [6.45, 7) is 7.71. The Morgan fingerprint density at radius 1 is 1.50 bits per heavy atom. The molecule has 2 heteroatoms. The van der Waals surface area contributed by atoms with Gasteiger partial charge in [0, 0.05) is 6.04 Å². The van der Waals surface area contributed by atoms with Crippen LogP contribution in [0.1, 0.15) is 13.8 Å². The fourth-order valence-electron chi connectivity index (χ4n) is 0.272. The molecule has 50 valence electrons. The highest BCUT2D eigenvalue weighted by Crippen LogP contribution is 1.96. The summed E-state index contributed by atoms with van der Waals surface area (Å²) >= 11 is 0. The van der Waals surface area contributed by atoms with Gasteiger partial charge < -0.3 is 5.73 Å². The first-order chi connectivity index (χ1) is 3.18. The Morgan fingerprint density at radius 3 is 1.88 bits per heavy atom. The van der Waals surface area contributed by atoms with Crippen LogP contribution in [0.2, 0.25) is 0 Å². The standard InChI is InChI=1S/C6H13N.ClH/c1-4-6(7)5(2)3;/h4-6H,1,7H2,2-3H3;1H/t6-;/m0./s1. The van der Waals surface area contributed by atoms with Crippen molar-refractivity contribution in [3.63, 3.8) is 0 Å². The molecule has 2 N–H and O–H groups in total. The van der Waals surface area contributed by atoms with E-state index in [1.54, 1.807) is 6.08 Å². The van der Waals surface area contributed by atoms with Gasteiger partial charge in [-0.15, -0.1) is 19.0 Å². The number of rotatable bonds is 2. The molecule has 0 rings (SSSR count). The van der Waals surface area contributed by atoms with Crippen LogP contribution in [0.15, 0.2) is 12.7 Å². The van der Waals surface area contributed by atoms with Gasteiger partial charge in [0.15, 0.2) is 0 Å². The van der Waals surface area contributed by atoms with Gasteiger partial charge in [-0.2, -0.15) is 0 Å². The molecular weight excluding hydrogens is 122 g/mol. The number of halogens is 1. The molecule has 0 saturated carbocycles. The van der Waals surface area contributed by atoms with Crippen molar-refractivity contribution in [2.75, 3.05) is 0 Å². The van der Waals surface area contributed by atoms with E-state index in [0.29, 0.717) is 5.92 Å². The lowest BCUT2D eigenvalue weighted by molar-refractivity contribution is 0.572. The normalized spacial score (nSPS) is 12.5. The summed E-state index contributed by atoms with van der Waals surface area (Å²) in [6.07, 6.45) is 1.77. The second kappa shape index (κ2) is 5.13. The van der Waals surface area contributed by atoms with E-state index in [-0.39, 0.29) is 18.4 Å². The minimum Gasteiger partial charge on any atom is -0.324 e. The molecule has 0 aliphatic carbocycles. The Balaban J connectivity index is 0. The van der Waals surface area contributed by atoms with Gasteiger partial charge in [0.2, 0.25) is 0 Å². The summed E-state index contributed by atoms with van der Waals surface area (Å²) in [5.74, 6) is 0.525. The van der Waals surface area contributed by atoms with E-state index in [1.807, 2.05) is 0 Å². The van der Waals surface area contributed by atoms with Crippen molar-refractivity contribution in [2.24, 2.45) is 11.7 Å². The zero-order valence-electron chi connectivity index (χ0n) is 5.42. The summed E-state index contributed by atoms with van der Waals surface area (Å²) in [7, 11) is 0. The zero-order chi connectivity index (χ0) is 5.86. The van der Waals surface area contributed by atoms with Crippen molar-refractivity contribution < 1.29 is 0 Å². The lowest BCUT2D eigenvalue weighted by atomic mass is 10.1. The second-order valence-electron chi connectivity index (χ2n) is 2.06. The van der Waals surface area contributed by atoms with Crippen LogP contribution in [0.4, 0.5) is 0 Å². The summed E-state index contributed by atoms with van der Waals surface area (Å²) in [5.41, 5.74) is 5.50. The maximum absolute atomic E-state index is 5.50. The summed E-state index contributed by atoms with van der Waals surface area (Å²) in [4.78, 5) is 0. The Morgan fingerprint density at radius 2 is 1.88 bits per heavy atom. The molecule has 0 unspecified atom stereocenters. The molecule has 0 heterocycles. The summed E-state index contributed by atoms with van der Waals surface area (Å²) < 4.78 is 0. The van der Waals surface area contributed by atoms with Gasteiger partial charge in [-0.1, -0.05) is 19.9 Å². The van der Waals surface area contributed by atoms with Gasteiger partial charge in [-0.25, -0.2) is 0 Å². The summed E-state index contributed by atoms with van der Waals surface area (Å²) in [5, 5.41) is 0. The predicted octanol–water partition coefficient (Wildman–Crippen LogP) is 1.58. The molecule has 0 aliphatic rings. The van der Waals surface area contributed by atoms with Crippen LogP contribution in [-0.4, -0.2) is 6.04 Å². The van der Waals surface area contributed by atoms with E-state index in [9.17, 15) is 0 Å². The number of nitrogens with two attached hydrogens (primary N) is 1. The first-order valence-corrected chi connectivity index (χ1v) is 2.56. The second-order valence-corrected chi connectivity index (χ2v) is 2.06. The van der Waals surface area contributed by atoms with Crippen LogP contribution in [0.25, 0.3) is 0 Å². The average Bonchev–Trinajstić information content (AvgIpc) is 1.65. The molecule has 0 aromatic rings. The third kappa shape index (κ3) is 4.16. The first kappa shape index (κ1) is 10.9. The van der Waals surface area contributed by atoms with Crippen molar-refractivity contribution in [1.82, 2.24) is 0 Å². The maximum Gasteiger partial charge on any atom is 0.0244 e. The minimum absolute atomic E-state index is 0. The van der Waals surface area contributed by atoms with Gasteiger partial charge >= 0.3 is 0 Å². The molecule has 0 aliphatic heterocycles. The van der Waals surface area contributed by atoms with Crippen molar-refractivity contribution in [3.05, 3.63) is 12.7 Å². The van der Waals surface area contributed by atoms with Crippen LogP contribution in [0.3, 0.4) is 0 Å². The summed E-state index contributed by atoms with van der Waals surface area (Å²) in [6, 6.07) is 0.167. The Labute approximate surface area is 57.4 Å². The molecule has 1 nitrogen and oxygen atoms in total. The van der Waals surface area contributed by atoms with Crippen LogP contribution in [0, 0.1) is 5.92 Å². The lowest BCUT2D eigenvalue weighted by Crippen LogP contribution is -2.22. The average molecular weight is 136 g/mol. The first-order valence-electron chi connectivity index (χ1n) is 2.56. The highest BCUT2D eigenvalue weighted by atomic mass is 35.5. The SMILES string of the molecule is C=C[C@H](N)C(C)C.Cl. The molecule has 0 aromatic heterocycles. The molecule has 0 fully saturated rings. The topological polar surface area (TPSA) is 26.0 Å². The lowest BCUT2D eigenvalue weighted by Gasteiger charge is -2.07. The molecule has 0 radical (unpaired) electrons. The molecule has 0 amide bonds.